The van der Waals surface area contributed by atoms with Crippen LogP contribution in [0.25, 0.3) is 0 Å². The van der Waals surface area contributed by atoms with E-state index < -0.39 is 0 Å². The second kappa shape index (κ2) is 8.00. The van der Waals surface area contributed by atoms with Crippen molar-refractivity contribution in [1.82, 2.24) is 10.2 Å². The van der Waals surface area contributed by atoms with Gasteiger partial charge in [-0.25, -0.2) is 0 Å². The summed E-state index contributed by atoms with van der Waals surface area (Å²) in [6, 6.07) is 8.20. The minimum atomic E-state index is 0.0540. The molecule has 0 bridgehead atoms. The fraction of sp³-hybridized carbons (Fsp3) is 0.562. The number of hydrogen-bond donors (Lipinski definition) is 2. The number of ether oxygens (including phenoxy) is 1. The van der Waals surface area contributed by atoms with Crippen molar-refractivity contribution in [3.8, 4) is 5.75 Å². The van der Waals surface area contributed by atoms with Crippen LogP contribution in [-0.4, -0.2) is 49.6 Å². The fourth-order valence-electron chi connectivity index (χ4n) is 2.43. The van der Waals surface area contributed by atoms with E-state index in [1.165, 1.54) is 5.56 Å². The molecule has 1 aromatic rings. The van der Waals surface area contributed by atoms with Crippen LogP contribution in [0.1, 0.15) is 18.4 Å². The van der Waals surface area contributed by atoms with Gasteiger partial charge in [0.15, 0.2) is 0 Å². The summed E-state index contributed by atoms with van der Waals surface area (Å²) in [5.41, 5.74) is 7.01. The highest BCUT2D eigenvalue weighted by molar-refractivity contribution is 5.78. The Morgan fingerprint density at radius 2 is 2.19 bits per heavy atom. The number of aryl methyl sites for hydroxylation is 1. The SMILES string of the molecule is Cc1cccc(OCCNC(=O)CN2CCC(N)CC2)c1. The number of likely N-dealkylation sites (tertiary alicyclic amines) is 1. The fourth-order valence-corrected chi connectivity index (χ4v) is 2.43. The van der Waals surface area contributed by atoms with Crippen molar-refractivity contribution in [2.24, 2.45) is 5.73 Å². The Kier molecular flexibility index (Phi) is 6.02. The molecule has 0 unspecified atom stereocenters. The number of amides is 1. The summed E-state index contributed by atoms with van der Waals surface area (Å²) in [5, 5.41) is 2.89. The standard InChI is InChI=1S/C16H25N3O2/c1-13-3-2-4-15(11-13)21-10-7-18-16(20)12-19-8-5-14(17)6-9-19/h2-4,11,14H,5-10,12,17H2,1H3,(H,18,20). The minimum absolute atomic E-state index is 0.0540. The maximum absolute atomic E-state index is 11.8. The molecule has 5 nitrogen and oxygen atoms in total. The summed E-state index contributed by atoms with van der Waals surface area (Å²) in [7, 11) is 0. The van der Waals surface area contributed by atoms with Gasteiger partial charge in [-0.3, -0.25) is 9.69 Å². The van der Waals surface area contributed by atoms with Crippen LogP contribution in [0.4, 0.5) is 0 Å². The molecule has 5 heteroatoms. The molecule has 0 radical (unpaired) electrons. The molecule has 0 spiro atoms. The Bertz CT molecular complexity index is 457. The van der Waals surface area contributed by atoms with Gasteiger partial charge in [0.05, 0.1) is 13.1 Å². The highest BCUT2D eigenvalue weighted by Gasteiger charge is 2.17. The van der Waals surface area contributed by atoms with Gasteiger partial charge in [0.1, 0.15) is 12.4 Å². The van der Waals surface area contributed by atoms with Crippen LogP contribution in [0.15, 0.2) is 24.3 Å². The lowest BCUT2D eigenvalue weighted by atomic mass is 10.1. The molecule has 1 aliphatic heterocycles. The first-order valence-electron chi connectivity index (χ1n) is 7.57. The average Bonchev–Trinajstić information content (AvgIpc) is 2.46. The van der Waals surface area contributed by atoms with Gasteiger partial charge in [-0.05, 0) is 37.5 Å². The van der Waals surface area contributed by atoms with Gasteiger partial charge in [0, 0.05) is 19.1 Å². The predicted molar refractivity (Wildman–Crippen MR) is 83.3 cm³/mol. The molecule has 3 N–H and O–H groups in total. The van der Waals surface area contributed by atoms with Crippen LogP contribution in [0.5, 0.6) is 5.75 Å². The highest BCUT2D eigenvalue weighted by atomic mass is 16.5. The Morgan fingerprint density at radius 1 is 1.43 bits per heavy atom. The van der Waals surface area contributed by atoms with E-state index in [1.807, 2.05) is 31.2 Å². The van der Waals surface area contributed by atoms with Crippen molar-refractivity contribution >= 4 is 5.91 Å². The highest BCUT2D eigenvalue weighted by Crippen LogP contribution is 2.11. The van der Waals surface area contributed by atoms with Crippen LogP contribution in [0, 0.1) is 6.92 Å². The minimum Gasteiger partial charge on any atom is -0.492 e. The molecule has 0 aromatic heterocycles. The second-order valence-electron chi connectivity index (χ2n) is 5.63. The lowest BCUT2D eigenvalue weighted by molar-refractivity contribution is -0.122. The van der Waals surface area contributed by atoms with Crippen LogP contribution in [0.3, 0.4) is 0 Å². The molecular formula is C16H25N3O2. The topological polar surface area (TPSA) is 67.6 Å². The third-order valence-corrected chi connectivity index (χ3v) is 3.68. The molecule has 0 aliphatic carbocycles. The first-order valence-corrected chi connectivity index (χ1v) is 7.57. The van der Waals surface area contributed by atoms with E-state index in [0.717, 1.165) is 31.7 Å². The molecule has 0 saturated carbocycles. The maximum atomic E-state index is 11.8. The van der Waals surface area contributed by atoms with Crippen LogP contribution in [0.2, 0.25) is 0 Å². The zero-order valence-corrected chi connectivity index (χ0v) is 12.7. The summed E-state index contributed by atoms with van der Waals surface area (Å²) in [6.07, 6.45) is 1.95. The predicted octanol–water partition coefficient (Wildman–Crippen LogP) is 0.913. The van der Waals surface area contributed by atoms with Gasteiger partial charge in [0.2, 0.25) is 5.91 Å². The number of nitrogens with one attached hydrogen (secondary N) is 1. The Morgan fingerprint density at radius 3 is 2.90 bits per heavy atom. The Balaban J connectivity index is 1.59. The van der Waals surface area contributed by atoms with E-state index in [2.05, 4.69) is 10.2 Å². The zero-order chi connectivity index (χ0) is 15.1. The number of carbonyl (C=O) groups excluding carboxylic acids is 1. The van der Waals surface area contributed by atoms with E-state index in [-0.39, 0.29) is 5.91 Å². The molecule has 116 valence electrons. The first kappa shape index (κ1) is 15.8. The lowest BCUT2D eigenvalue weighted by Crippen LogP contribution is -2.45. The van der Waals surface area contributed by atoms with E-state index in [4.69, 9.17) is 10.5 Å². The number of nitrogens with zero attached hydrogens (tertiary/aromatic N) is 1. The normalized spacial score (nSPS) is 16.7. The number of nitrogens with two attached hydrogens (primary N) is 1. The summed E-state index contributed by atoms with van der Waals surface area (Å²) >= 11 is 0. The molecular weight excluding hydrogens is 266 g/mol. The van der Waals surface area contributed by atoms with E-state index in [9.17, 15) is 4.79 Å². The summed E-state index contributed by atoms with van der Waals surface area (Å²) in [5.74, 6) is 0.896. The molecule has 1 saturated heterocycles. The van der Waals surface area contributed by atoms with Crippen LogP contribution < -0.4 is 15.8 Å². The number of piperidine rings is 1. The second-order valence-corrected chi connectivity index (χ2v) is 5.63. The molecule has 1 heterocycles. The summed E-state index contributed by atoms with van der Waals surface area (Å²) in [4.78, 5) is 14.0. The van der Waals surface area contributed by atoms with Crippen molar-refractivity contribution in [1.29, 1.82) is 0 Å². The molecule has 21 heavy (non-hydrogen) atoms. The Hall–Kier alpha value is -1.59. The quantitative estimate of drug-likeness (QED) is 0.765. The molecule has 1 aromatic carbocycles. The van der Waals surface area contributed by atoms with Gasteiger partial charge < -0.3 is 15.8 Å². The third-order valence-electron chi connectivity index (χ3n) is 3.68. The molecule has 1 fully saturated rings. The van der Waals surface area contributed by atoms with Gasteiger partial charge in [-0.1, -0.05) is 12.1 Å². The van der Waals surface area contributed by atoms with E-state index in [1.54, 1.807) is 0 Å². The zero-order valence-electron chi connectivity index (χ0n) is 12.7. The van der Waals surface area contributed by atoms with E-state index >= 15 is 0 Å². The van der Waals surface area contributed by atoms with Crippen molar-refractivity contribution in [3.05, 3.63) is 29.8 Å². The largest absolute Gasteiger partial charge is 0.492 e. The molecule has 2 rings (SSSR count). The van der Waals surface area contributed by atoms with Gasteiger partial charge in [-0.2, -0.15) is 0 Å². The van der Waals surface area contributed by atoms with E-state index in [0.29, 0.717) is 25.7 Å². The summed E-state index contributed by atoms with van der Waals surface area (Å²) < 4.78 is 5.60. The number of rotatable bonds is 6. The number of benzene rings is 1. The maximum Gasteiger partial charge on any atom is 0.234 e. The lowest BCUT2D eigenvalue weighted by Gasteiger charge is -2.29. The van der Waals surface area contributed by atoms with Crippen LogP contribution >= 0.6 is 0 Å². The molecule has 0 atom stereocenters. The van der Waals surface area contributed by atoms with Crippen LogP contribution in [-0.2, 0) is 4.79 Å². The van der Waals surface area contributed by atoms with Crippen molar-refractivity contribution in [3.63, 3.8) is 0 Å². The van der Waals surface area contributed by atoms with Gasteiger partial charge >= 0.3 is 0 Å². The third kappa shape index (κ3) is 5.73. The molecule has 1 aliphatic rings. The Labute approximate surface area is 126 Å². The van der Waals surface area contributed by atoms with Crippen molar-refractivity contribution < 1.29 is 9.53 Å². The van der Waals surface area contributed by atoms with Gasteiger partial charge in [-0.15, -0.1) is 0 Å². The average molecular weight is 291 g/mol. The smallest absolute Gasteiger partial charge is 0.234 e. The molecule has 1 amide bonds. The van der Waals surface area contributed by atoms with Crippen molar-refractivity contribution in [2.75, 3.05) is 32.8 Å². The first-order chi connectivity index (χ1) is 10.1. The van der Waals surface area contributed by atoms with Gasteiger partial charge in [0.25, 0.3) is 0 Å². The monoisotopic (exact) mass is 291 g/mol. The number of hydrogen-bond acceptors (Lipinski definition) is 4. The number of carbonyl (C=O) groups is 1. The van der Waals surface area contributed by atoms with Crippen molar-refractivity contribution in [2.45, 2.75) is 25.8 Å². The summed E-state index contributed by atoms with van der Waals surface area (Å²) in [6.45, 7) is 5.32.